The second kappa shape index (κ2) is 5.81. The third-order valence-electron chi connectivity index (χ3n) is 4.30. The van der Waals surface area contributed by atoms with Crippen LogP contribution in [0.1, 0.15) is 17.5 Å². The summed E-state index contributed by atoms with van der Waals surface area (Å²) in [6.07, 6.45) is 3.86. The number of H-pyrrole nitrogens is 1. The van der Waals surface area contributed by atoms with Gasteiger partial charge in [0.2, 0.25) is 5.91 Å². The van der Waals surface area contributed by atoms with Crippen molar-refractivity contribution in [2.75, 3.05) is 0 Å². The van der Waals surface area contributed by atoms with Crippen LogP contribution >= 0.6 is 0 Å². The lowest BCUT2D eigenvalue weighted by Gasteiger charge is -2.13. The van der Waals surface area contributed by atoms with Crippen molar-refractivity contribution in [3.63, 3.8) is 0 Å². The highest BCUT2D eigenvalue weighted by Crippen LogP contribution is 2.26. The molecule has 24 heavy (non-hydrogen) atoms. The van der Waals surface area contributed by atoms with Gasteiger partial charge in [-0.2, -0.15) is 0 Å². The molecule has 0 radical (unpaired) electrons. The Morgan fingerprint density at radius 3 is 2.67 bits per heavy atom. The van der Waals surface area contributed by atoms with Crippen molar-refractivity contribution in [1.82, 2.24) is 9.88 Å². The Morgan fingerprint density at radius 2 is 1.83 bits per heavy atom. The Balaban J connectivity index is 1.64. The molecule has 1 fully saturated rings. The number of likely N-dealkylation sites (tertiary alicyclic amines) is 1. The molecule has 0 bridgehead atoms. The van der Waals surface area contributed by atoms with E-state index in [1.165, 1.54) is 4.90 Å². The molecule has 0 saturated carbocycles. The van der Waals surface area contributed by atoms with Gasteiger partial charge in [0.25, 0.3) is 5.91 Å². The number of amides is 2. The molecule has 0 spiro atoms. The molecule has 2 aromatic carbocycles. The zero-order valence-corrected chi connectivity index (χ0v) is 13.0. The topological polar surface area (TPSA) is 53.2 Å². The normalized spacial score (nSPS) is 16.5. The molecule has 1 aliphatic rings. The van der Waals surface area contributed by atoms with Gasteiger partial charge in [0.1, 0.15) is 0 Å². The number of carbonyl (C=O) groups is 2. The largest absolute Gasteiger partial charge is 0.361 e. The van der Waals surface area contributed by atoms with Crippen molar-refractivity contribution in [2.45, 2.75) is 13.0 Å². The monoisotopic (exact) mass is 316 g/mol. The third kappa shape index (κ3) is 2.52. The second-order valence-electron chi connectivity index (χ2n) is 5.90. The summed E-state index contributed by atoms with van der Waals surface area (Å²) in [4.78, 5) is 29.4. The molecule has 3 aromatic rings. The van der Waals surface area contributed by atoms with E-state index in [4.69, 9.17) is 0 Å². The molecule has 1 N–H and O–H groups in total. The summed E-state index contributed by atoms with van der Waals surface area (Å²) in [6, 6.07) is 17.4. The van der Waals surface area contributed by atoms with Gasteiger partial charge in [-0.25, -0.2) is 0 Å². The van der Waals surface area contributed by atoms with E-state index in [0.717, 1.165) is 22.0 Å². The first-order chi connectivity index (χ1) is 11.7. The number of benzene rings is 2. The van der Waals surface area contributed by atoms with Gasteiger partial charge < -0.3 is 4.98 Å². The standard InChI is InChI=1S/C20H16N2O2/c23-19-12-16(11-15-7-4-8-18-17(15)9-10-21-18)20(24)22(19)13-14-5-2-1-3-6-14/h1-11,21H,12-13H2. The van der Waals surface area contributed by atoms with Crippen LogP contribution in [0.5, 0.6) is 0 Å². The predicted molar refractivity (Wildman–Crippen MR) is 92.9 cm³/mol. The molecule has 1 aromatic heterocycles. The number of imide groups is 1. The number of aromatic nitrogens is 1. The van der Waals surface area contributed by atoms with Crippen LogP contribution in [0.4, 0.5) is 0 Å². The summed E-state index contributed by atoms with van der Waals surface area (Å²) in [6.45, 7) is 0.324. The molecule has 1 aliphatic heterocycles. The van der Waals surface area contributed by atoms with E-state index in [1.54, 1.807) is 0 Å². The minimum Gasteiger partial charge on any atom is -0.361 e. The molecule has 4 heteroatoms. The van der Waals surface area contributed by atoms with Crippen LogP contribution in [0, 0.1) is 0 Å². The zero-order valence-electron chi connectivity index (χ0n) is 13.0. The highest BCUT2D eigenvalue weighted by molar-refractivity contribution is 6.16. The van der Waals surface area contributed by atoms with Crippen LogP contribution in [0.2, 0.25) is 0 Å². The molecule has 2 heterocycles. The number of nitrogens with zero attached hydrogens (tertiary/aromatic N) is 1. The van der Waals surface area contributed by atoms with Gasteiger partial charge >= 0.3 is 0 Å². The van der Waals surface area contributed by atoms with Crippen LogP contribution < -0.4 is 0 Å². The average Bonchev–Trinajstić information content (AvgIpc) is 3.17. The summed E-state index contributed by atoms with van der Waals surface area (Å²) < 4.78 is 0. The molecule has 0 atom stereocenters. The molecule has 2 amide bonds. The van der Waals surface area contributed by atoms with E-state index >= 15 is 0 Å². The van der Waals surface area contributed by atoms with Gasteiger partial charge in [-0.1, -0.05) is 42.5 Å². The molecule has 0 unspecified atom stereocenters. The first-order valence-electron chi connectivity index (χ1n) is 7.88. The summed E-state index contributed by atoms with van der Waals surface area (Å²) in [5, 5.41) is 1.05. The minimum absolute atomic E-state index is 0.142. The Labute approximate surface area is 139 Å². The minimum atomic E-state index is -0.198. The average molecular weight is 316 g/mol. The van der Waals surface area contributed by atoms with Gasteiger partial charge in [0.05, 0.1) is 13.0 Å². The molecule has 118 valence electrons. The van der Waals surface area contributed by atoms with Gasteiger partial charge in [-0.3, -0.25) is 14.5 Å². The van der Waals surface area contributed by atoms with Crippen LogP contribution in [0.25, 0.3) is 17.0 Å². The third-order valence-corrected chi connectivity index (χ3v) is 4.30. The summed E-state index contributed by atoms with van der Waals surface area (Å²) in [5.41, 5.74) is 3.46. The van der Waals surface area contributed by atoms with Crippen molar-refractivity contribution in [1.29, 1.82) is 0 Å². The van der Waals surface area contributed by atoms with Gasteiger partial charge in [0, 0.05) is 22.7 Å². The molecule has 4 rings (SSSR count). The molecular weight excluding hydrogens is 300 g/mol. The number of aromatic amines is 1. The van der Waals surface area contributed by atoms with Crippen LogP contribution in [-0.4, -0.2) is 21.7 Å². The number of nitrogens with one attached hydrogen (secondary N) is 1. The molecule has 0 aliphatic carbocycles. The quantitative estimate of drug-likeness (QED) is 0.594. The van der Waals surface area contributed by atoms with E-state index in [1.807, 2.05) is 66.9 Å². The van der Waals surface area contributed by atoms with Gasteiger partial charge in [-0.05, 0) is 29.3 Å². The lowest BCUT2D eigenvalue weighted by Crippen LogP contribution is -2.28. The van der Waals surface area contributed by atoms with E-state index < -0.39 is 0 Å². The Bertz CT molecular complexity index is 954. The first kappa shape index (κ1) is 14.5. The Kier molecular flexibility index (Phi) is 3.50. The van der Waals surface area contributed by atoms with E-state index in [-0.39, 0.29) is 18.2 Å². The first-order valence-corrected chi connectivity index (χ1v) is 7.88. The highest BCUT2D eigenvalue weighted by Gasteiger charge is 2.33. The lowest BCUT2D eigenvalue weighted by atomic mass is 10.1. The summed E-state index contributed by atoms with van der Waals surface area (Å²) in [7, 11) is 0. The maximum Gasteiger partial charge on any atom is 0.257 e. The zero-order chi connectivity index (χ0) is 16.5. The fourth-order valence-electron chi connectivity index (χ4n) is 3.08. The molecule has 1 saturated heterocycles. The summed E-state index contributed by atoms with van der Waals surface area (Å²) >= 11 is 0. The van der Waals surface area contributed by atoms with Gasteiger partial charge in [0.15, 0.2) is 0 Å². The number of carbonyl (C=O) groups excluding carboxylic acids is 2. The summed E-state index contributed by atoms with van der Waals surface area (Å²) in [5.74, 6) is -0.340. The Morgan fingerprint density at radius 1 is 1.00 bits per heavy atom. The van der Waals surface area contributed by atoms with Crippen molar-refractivity contribution in [3.8, 4) is 0 Å². The number of rotatable bonds is 3. The SMILES string of the molecule is O=C1CC(=Cc2cccc3[nH]ccc23)C(=O)N1Cc1ccccc1. The number of hydrogen-bond donors (Lipinski definition) is 1. The van der Waals surface area contributed by atoms with Crippen molar-refractivity contribution >= 4 is 28.8 Å². The van der Waals surface area contributed by atoms with Crippen molar-refractivity contribution in [3.05, 3.63) is 77.5 Å². The smallest absolute Gasteiger partial charge is 0.257 e. The predicted octanol–water partition coefficient (Wildman–Crippen LogP) is 3.51. The number of hydrogen-bond acceptors (Lipinski definition) is 2. The maximum atomic E-state index is 12.6. The van der Waals surface area contributed by atoms with Crippen molar-refractivity contribution in [2.24, 2.45) is 0 Å². The Hall–Kier alpha value is -3.14. The maximum absolute atomic E-state index is 12.6. The van der Waals surface area contributed by atoms with Crippen LogP contribution in [0.3, 0.4) is 0 Å². The second-order valence-corrected chi connectivity index (χ2v) is 5.90. The van der Waals surface area contributed by atoms with E-state index in [0.29, 0.717) is 12.1 Å². The molecular formula is C20H16N2O2. The lowest BCUT2D eigenvalue weighted by molar-refractivity contribution is -0.138. The fraction of sp³-hybridized carbons (Fsp3) is 0.100. The van der Waals surface area contributed by atoms with Gasteiger partial charge in [-0.15, -0.1) is 0 Å². The van der Waals surface area contributed by atoms with Crippen LogP contribution in [0.15, 0.2) is 66.4 Å². The number of fused-ring (bicyclic) bond motifs is 1. The van der Waals surface area contributed by atoms with Crippen molar-refractivity contribution < 1.29 is 9.59 Å². The van der Waals surface area contributed by atoms with Crippen LogP contribution in [-0.2, 0) is 16.1 Å². The molecule has 4 nitrogen and oxygen atoms in total. The van der Waals surface area contributed by atoms with E-state index in [2.05, 4.69) is 4.98 Å². The fourth-order valence-corrected chi connectivity index (χ4v) is 3.08. The highest BCUT2D eigenvalue weighted by atomic mass is 16.2. The van der Waals surface area contributed by atoms with E-state index in [9.17, 15) is 9.59 Å².